The third-order valence-corrected chi connectivity index (χ3v) is 4.14. The second-order valence-corrected chi connectivity index (χ2v) is 5.67. The van der Waals surface area contributed by atoms with Crippen molar-refractivity contribution in [2.45, 2.75) is 45.2 Å². The molecule has 0 spiro atoms. The highest BCUT2D eigenvalue weighted by molar-refractivity contribution is 6.32. The summed E-state index contributed by atoms with van der Waals surface area (Å²) >= 11 is 5.77. The fourth-order valence-corrected chi connectivity index (χ4v) is 2.94. The van der Waals surface area contributed by atoms with Crippen molar-refractivity contribution in [2.24, 2.45) is 0 Å². The van der Waals surface area contributed by atoms with Gasteiger partial charge in [-0.1, -0.05) is 11.6 Å². The van der Waals surface area contributed by atoms with Gasteiger partial charge in [-0.25, -0.2) is 0 Å². The molecule has 0 aliphatic carbocycles. The third kappa shape index (κ3) is 2.77. The van der Waals surface area contributed by atoms with Crippen LogP contribution in [0.5, 0.6) is 0 Å². The van der Waals surface area contributed by atoms with Crippen molar-refractivity contribution in [1.29, 1.82) is 0 Å². The Balaban J connectivity index is 2.33. The molecule has 1 saturated heterocycles. The van der Waals surface area contributed by atoms with Crippen molar-refractivity contribution in [1.82, 2.24) is 4.90 Å². The molecule has 6 heteroatoms. The molecule has 108 valence electrons. The van der Waals surface area contributed by atoms with Crippen molar-refractivity contribution in [2.75, 3.05) is 0 Å². The number of hydrogen-bond acceptors (Lipinski definition) is 3. The first kappa shape index (κ1) is 14.8. The number of rotatable bonds is 2. The number of benzene rings is 1. The Kier molecular flexibility index (Phi) is 4.28. The number of halogens is 1. The summed E-state index contributed by atoms with van der Waals surface area (Å²) in [6.07, 6.45) is 3.03. The van der Waals surface area contributed by atoms with E-state index in [9.17, 15) is 14.9 Å². The van der Waals surface area contributed by atoms with Crippen LogP contribution in [0.25, 0.3) is 0 Å². The second-order valence-electron chi connectivity index (χ2n) is 5.26. The summed E-state index contributed by atoms with van der Waals surface area (Å²) in [6, 6.07) is 4.53. The van der Waals surface area contributed by atoms with E-state index in [2.05, 4.69) is 0 Å². The summed E-state index contributed by atoms with van der Waals surface area (Å²) in [5.41, 5.74) is 0.0940. The average molecular weight is 297 g/mol. The summed E-state index contributed by atoms with van der Waals surface area (Å²) in [4.78, 5) is 24.7. The molecule has 1 aliphatic rings. The molecule has 1 aromatic carbocycles. The molecule has 2 rings (SSSR count). The number of carbonyl (C=O) groups is 1. The first-order valence-corrected chi connectivity index (χ1v) is 7.06. The summed E-state index contributed by atoms with van der Waals surface area (Å²) in [6.45, 7) is 4.02. The van der Waals surface area contributed by atoms with Crippen LogP contribution in [-0.4, -0.2) is 27.8 Å². The van der Waals surface area contributed by atoms with Crippen LogP contribution in [-0.2, 0) is 0 Å². The first-order valence-electron chi connectivity index (χ1n) is 6.68. The number of carbonyl (C=O) groups excluding carboxylic acids is 1. The Hall–Kier alpha value is -1.62. The Morgan fingerprint density at radius 3 is 2.50 bits per heavy atom. The highest BCUT2D eigenvalue weighted by Gasteiger charge is 2.30. The third-order valence-electron chi connectivity index (χ3n) is 3.82. The summed E-state index contributed by atoms with van der Waals surface area (Å²) in [5.74, 6) is -0.163. The van der Waals surface area contributed by atoms with Gasteiger partial charge in [-0.15, -0.1) is 0 Å². The molecular formula is C14H17ClN2O3. The van der Waals surface area contributed by atoms with E-state index in [0.717, 1.165) is 19.3 Å². The maximum atomic E-state index is 12.6. The molecule has 1 fully saturated rings. The molecule has 0 unspecified atom stereocenters. The van der Waals surface area contributed by atoms with Crippen LogP contribution in [0, 0.1) is 10.1 Å². The standard InChI is InChI=1S/C14H17ClN2O3/c1-9-4-3-5-10(2)16(9)14(18)11-6-7-12(15)13(8-11)17(19)20/h6-10H,3-5H2,1-2H3/t9-,10-/m1/s1. The van der Waals surface area contributed by atoms with Gasteiger partial charge in [0.15, 0.2) is 0 Å². The Morgan fingerprint density at radius 1 is 1.35 bits per heavy atom. The lowest BCUT2D eigenvalue weighted by atomic mass is 9.96. The van der Waals surface area contributed by atoms with Gasteiger partial charge >= 0.3 is 0 Å². The van der Waals surface area contributed by atoms with Crippen LogP contribution in [0.4, 0.5) is 5.69 Å². The average Bonchev–Trinajstić information content (AvgIpc) is 2.38. The fraction of sp³-hybridized carbons (Fsp3) is 0.500. The minimum absolute atomic E-state index is 0.0475. The van der Waals surface area contributed by atoms with Crippen molar-refractivity contribution >= 4 is 23.2 Å². The van der Waals surface area contributed by atoms with Gasteiger partial charge in [-0.05, 0) is 45.2 Å². The van der Waals surface area contributed by atoms with Gasteiger partial charge in [-0.3, -0.25) is 14.9 Å². The minimum Gasteiger partial charge on any atom is -0.333 e. The molecule has 1 aromatic rings. The number of amides is 1. The second kappa shape index (κ2) is 5.79. The van der Waals surface area contributed by atoms with E-state index < -0.39 is 4.92 Å². The Morgan fingerprint density at radius 2 is 1.95 bits per heavy atom. The lowest BCUT2D eigenvalue weighted by Crippen LogP contribution is -2.47. The van der Waals surface area contributed by atoms with Gasteiger partial charge in [-0.2, -0.15) is 0 Å². The molecule has 5 nitrogen and oxygen atoms in total. The van der Waals surface area contributed by atoms with Crippen molar-refractivity contribution in [3.63, 3.8) is 0 Å². The van der Waals surface area contributed by atoms with Gasteiger partial charge in [0.25, 0.3) is 11.6 Å². The van der Waals surface area contributed by atoms with E-state index in [1.807, 2.05) is 18.7 Å². The van der Waals surface area contributed by atoms with Crippen molar-refractivity contribution < 1.29 is 9.72 Å². The van der Waals surface area contributed by atoms with Crippen molar-refractivity contribution in [3.05, 3.63) is 38.9 Å². The molecular weight excluding hydrogens is 280 g/mol. The molecule has 1 amide bonds. The van der Waals surface area contributed by atoms with Gasteiger partial charge in [0.1, 0.15) is 5.02 Å². The maximum Gasteiger partial charge on any atom is 0.288 e. The number of nitrogens with zero attached hydrogens (tertiary/aromatic N) is 2. The van der Waals surface area contributed by atoms with E-state index >= 15 is 0 Å². The summed E-state index contributed by atoms with van der Waals surface area (Å²) < 4.78 is 0. The number of likely N-dealkylation sites (tertiary alicyclic amines) is 1. The fourth-order valence-electron chi connectivity index (χ4n) is 2.76. The van der Waals surface area contributed by atoms with Crippen LogP contribution in [0.3, 0.4) is 0 Å². The Bertz CT molecular complexity index is 537. The topological polar surface area (TPSA) is 63.5 Å². The monoisotopic (exact) mass is 296 g/mol. The maximum absolute atomic E-state index is 12.6. The highest BCUT2D eigenvalue weighted by atomic mass is 35.5. The molecule has 0 bridgehead atoms. The zero-order chi connectivity index (χ0) is 14.9. The molecule has 2 atom stereocenters. The van der Waals surface area contributed by atoms with E-state index in [0.29, 0.717) is 5.56 Å². The zero-order valence-corrected chi connectivity index (χ0v) is 12.3. The lowest BCUT2D eigenvalue weighted by Gasteiger charge is -2.39. The number of hydrogen-bond donors (Lipinski definition) is 0. The molecule has 1 aliphatic heterocycles. The summed E-state index contributed by atoms with van der Waals surface area (Å²) in [5, 5.41) is 10.9. The highest BCUT2D eigenvalue weighted by Crippen LogP contribution is 2.28. The molecule has 20 heavy (non-hydrogen) atoms. The van der Waals surface area contributed by atoms with E-state index in [-0.39, 0.29) is 28.7 Å². The number of nitro benzene ring substituents is 1. The Labute approximate surface area is 122 Å². The lowest BCUT2D eigenvalue weighted by molar-refractivity contribution is -0.384. The van der Waals surface area contributed by atoms with Crippen LogP contribution >= 0.6 is 11.6 Å². The molecule has 0 N–H and O–H groups in total. The molecule has 0 aromatic heterocycles. The number of piperidine rings is 1. The van der Waals surface area contributed by atoms with Crippen LogP contribution in [0.1, 0.15) is 43.5 Å². The van der Waals surface area contributed by atoms with Crippen LogP contribution < -0.4 is 0 Å². The van der Waals surface area contributed by atoms with Gasteiger partial charge in [0.2, 0.25) is 0 Å². The smallest absolute Gasteiger partial charge is 0.288 e. The van der Waals surface area contributed by atoms with Crippen molar-refractivity contribution in [3.8, 4) is 0 Å². The predicted molar refractivity (Wildman–Crippen MR) is 77.1 cm³/mol. The van der Waals surface area contributed by atoms with E-state index in [1.54, 1.807) is 6.07 Å². The van der Waals surface area contributed by atoms with Gasteiger partial charge < -0.3 is 4.90 Å². The SMILES string of the molecule is C[C@@H]1CCC[C@@H](C)N1C(=O)c1ccc(Cl)c([N+](=O)[O-])c1. The predicted octanol–water partition coefficient (Wildman–Crippen LogP) is 3.65. The quantitative estimate of drug-likeness (QED) is 0.618. The molecule has 0 saturated carbocycles. The zero-order valence-electron chi connectivity index (χ0n) is 11.5. The van der Waals surface area contributed by atoms with Gasteiger partial charge in [0, 0.05) is 23.7 Å². The van der Waals surface area contributed by atoms with E-state index in [4.69, 9.17) is 11.6 Å². The van der Waals surface area contributed by atoms with Gasteiger partial charge in [0.05, 0.1) is 4.92 Å². The molecule has 1 heterocycles. The van der Waals surface area contributed by atoms with Crippen LogP contribution in [0.15, 0.2) is 18.2 Å². The molecule has 0 radical (unpaired) electrons. The largest absolute Gasteiger partial charge is 0.333 e. The normalized spacial score (nSPS) is 22.6. The summed E-state index contributed by atoms with van der Waals surface area (Å²) in [7, 11) is 0. The van der Waals surface area contributed by atoms with E-state index in [1.165, 1.54) is 12.1 Å². The van der Waals surface area contributed by atoms with Crippen LogP contribution in [0.2, 0.25) is 5.02 Å². The first-order chi connectivity index (χ1) is 9.41. The minimum atomic E-state index is -0.567. The number of nitro groups is 1.